The van der Waals surface area contributed by atoms with Crippen molar-refractivity contribution < 1.29 is 4.79 Å². The van der Waals surface area contributed by atoms with Crippen molar-refractivity contribution in [2.24, 2.45) is 5.10 Å². The Labute approximate surface area is 174 Å². The highest BCUT2D eigenvalue weighted by Gasteiger charge is 2.25. The van der Waals surface area contributed by atoms with Crippen molar-refractivity contribution in [2.45, 2.75) is 20.3 Å². The van der Waals surface area contributed by atoms with E-state index in [9.17, 15) is 4.79 Å². The average molecular weight is 401 g/mol. The zero-order valence-corrected chi connectivity index (χ0v) is 17.2. The summed E-state index contributed by atoms with van der Waals surface area (Å²) in [6.45, 7) is 5.01. The quantitative estimate of drug-likeness (QED) is 0.618. The number of nitrogens with zero attached hydrogens (tertiary/aromatic N) is 5. The van der Waals surface area contributed by atoms with Crippen LogP contribution in [0.15, 0.2) is 53.7 Å². The fourth-order valence-electron chi connectivity index (χ4n) is 3.61. The molecule has 0 aromatic carbocycles. The van der Waals surface area contributed by atoms with Gasteiger partial charge in [0.15, 0.2) is 0 Å². The topological polar surface area (TPSA) is 99.2 Å². The Morgan fingerprint density at radius 2 is 1.90 bits per heavy atom. The number of amides is 1. The Hall–Kier alpha value is -3.81. The Morgan fingerprint density at radius 1 is 1.10 bits per heavy atom. The predicted octanol–water partition coefficient (Wildman–Crippen LogP) is 2.41. The molecule has 0 aliphatic carbocycles. The van der Waals surface area contributed by atoms with Crippen LogP contribution in [0, 0.1) is 13.8 Å². The summed E-state index contributed by atoms with van der Waals surface area (Å²) >= 11 is 0. The number of rotatable bonds is 6. The fraction of sp³-hybridized carbons (Fsp3) is 0.227. The number of hydrazone groups is 1. The number of H-pyrrole nitrogens is 1. The third-order valence-electron chi connectivity index (χ3n) is 5.35. The van der Waals surface area contributed by atoms with Crippen LogP contribution in [0.2, 0.25) is 0 Å². The molecule has 0 bridgehead atoms. The Balaban J connectivity index is 1.57. The molecule has 1 amide bonds. The van der Waals surface area contributed by atoms with Gasteiger partial charge in [-0.05, 0) is 55.7 Å². The van der Waals surface area contributed by atoms with Gasteiger partial charge in [0, 0.05) is 48.6 Å². The SMILES string of the molecule is Cc1[nH]c(/C=C2/C(=O)NN=C2c2ccnnc2)c(C)c1CCN(C)c1ccncc1. The van der Waals surface area contributed by atoms with Crippen LogP contribution in [0.1, 0.15) is 28.1 Å². The number of nitrogens with one attached hydrogen (secondary N) is 2. The standard InChI is InChI=1S/C22H23N7O/c1-14-18(7-11-29(3)17-5-8-23-9-6-17)15(2)26-20(14)12-19-21(27-28-22(19)30)16-4-10-24-25-13-16/h4-6,8-10,12-13,26H,7,11H2,1-3H3,(H,28,30)/b19-12+. The number of carbonyl (C=O) groups is 1. The van der Waals surface area contributed by atoms with E-state index in [1.54, 1.807) is 30.9 Å². The molecule has 0 atom stereocenters. The smallest absolute Gasteiger partial charge is 0.273 e. The van der Waals surface area contributed by atoms with Crippen molar-refractivity contribution in [1.82, 2.24) is 25.6 Å². The van der Waals surface area contributed by atoms with Crippen molar-refractivity contribution in [3.63, 3.8) is 0 Å². The number of aromatic amines is 1. The van der Waals surface area contributed by atoms with Gasteiger partial charge in [-0.1, -0.05) is 0 Å². The molecule has 8 nitrogen and oxygen atoms in total. The first kappa shape index (κ1) is 19.5. The molecule has 0 saturated heterocycles. The minimum absolute atomic E-state index is 0.229. The van der Waals surface area contributed by atoms with Crippen LogP contribution in [0.4, 0.5) is 5.69 Å². The third kappa shape index (κ3) is 3.84. The molecule has 0 spiro atoms. The van der Waals surface area contributed by atoms with Crippen molar-refractivity contribution in [3.8, 4) is 0 Å². The zero-order chi connectivity index (χ0) is 21.1. The van der Waals surface area contributed by atoms with E-state index in [0.29, 0.717) is 11.3 Å². The lowest BCUT2D eigenvalue weighted by atomic mass is 10.0. The van der Waals surface area contributed by atoms with Gasteiger partial charge in [0.25, 0.3) is 5.91 Å². The normalized spacial score (nSPS) is 14.7. The number of pyridine rings is 1. The summed E-state index contributed by atoms with van der Waals surface area (Å²) in [4.78, 5) is 22.1. The fourth-order valence-corrected chi connectivity index (χ4v) is 3.61. The van der Waals surface area contributed by atoms with Crippen molar-refractivity contribution in [3.05, 3.63) is 76.6 Å². The highest BCUT2D eigenvalue weighted by atomic mass is 16.2. The lowest BCUT2D eigenvalue weighted by Crippen LogP contribution is -2.20. The second kappa shape index (κ2) is 8.28. The van der Waals surface area contributed by atoms with Crippen LogP contribution in [-0.4, -0.2) is 45.4 Å². The first-order valence-corrected chi connectivity index (χ1v) is 9.71. The van der Waals surface area contributed by atoms with Gasteiger partial charge in [0.05, 0.1) is 18.0 Å². The van der Waals surface area contributed by atoms with E-state index in [2.05, 4.69) is 56.5 Å². The summed E-state index contributed by atoms with van der Waals surface area (Å²) in [6.07, 6.45) is 9.53. The van der Waals surface area contributed by atoms with E-state index in [1.807, 2.05) is 18.2 Å². The van der Waals surface area contributed by atoms with E-state index in [0.717, 1.165) is 41.2 Å². The number of likely N-dealkylation sites (N-methyl/N-ethyl adjacent to an activating group) is 1. The monoisotopic (exact) mass is 401 g/mol. The number of hydrogen-bond acceptors (Lipinski definition) is 6. The van der Waals surface area contributed by atoms with Crippen molar-refractivity contribution in [2.75, 3.05) is 18.5 Å². The second-order valence-electron chi connectivity index (χ2n) is 7.23. The van der Waals surface area contributed by atoms with Gasteiger partial charge in [-0.2, -0.15) is 15.3 Å². The maximum Gasteiger partial charge on any atom is 0.273 e. The molecule has 0 saturated carbocycles. The van der Waals surface area contributed by atoms with Crippen molar-refractivity contribution >= 4 is 23.4 Å². The Bertz CT molecular complexity index is 1120. The summed E-state index contributed by atoms with van der Waals surface area (Å²) < 4.78 is 0. The van der Waals surface area contributed by atoms with E-state index in [-0.39, 0.29) is 5.91 Å². The maximum atomic E-state index is 12.4. The van der Waals surface area contributed by atoms with Gasteiger partial charge in [-0.3, -0.25) is 9.78 Å². The van der Waals surface area contributed by atoms with Gasteiger partial charge in [0.2, 0.25) is 0 Å². The number of aromatic nitrogens is 4. The van der Waals surface area contributed by atoms with Crippen LogP contribution >= 0.6 is 0 Å². The number of anilines is 1. The van der Waals surface area contributed by atoms with E-state index >= 15 is 0 Å². The molecule has 1 aliphatic heterocycles. The maximum absolute atomic E-state index is 12.4. The van der Waals surface area contributed by atoms with Gasteiger partial charge >= 0.3 is 0 Å². The molecule has 0 radical (unpaired) electrons. The van der Waals surface area contributed by atoms with Gasteiger partial charge < -0.3 is 9.88 Å². The molecule has 0 unspecified atom stereocenters. The number of aryl methyl sites for hydroxylation is 1. The van der Waals surface area contributed by atoms with Crippen LogP contribution in [0.3, 0.4) is 0 Å². The summed E-state index contributed by atoms with van der Waals surface area (Å²) in [5.41, 5.74) is 9.90. The van der Waals surface area contributed by atoms with Crippen molar-refractivity contribution in [1.29, 1.82) is 0 Å². The molecule has 3 aromatic heterocycles. The van der Waals surface area contributed by atoms with Crippen LogP contribution in [-0.2, 0) is 11.2 Å². The van der Waals surface area contributed by atoms with E-state index in [4.69, 9.17) is 0 Å². The first-order chi connectivity index (χ1) is 14.5. The lowest BCUT2D eigenvalue weighted by Gasteiger charge is -2.19. The third-order valence-corrected chi connectivity index (χ3v) is 5.35. The molecule has 1 aliphatic rings. The summed E-state index contributed by atoms with van der Waals surface area (Å²) in [5.74, 6) is -0.229. The molecule has 152 valence electrons. The van der Waals surface area contributed by atoms with Gasteiger partial charge in [0.1, 0.15) is 5.71 Å². The van der Waals surface area contributed by atoms with Gasteiger partial charge in [-0.15, -0.1) is 0 Å². The van der Waals surface area contributed by atoms with E-state index in [1.165, 1.54) is 5.56 Å². The first-order valence-electron chi connectivity index (χ1n) is 9.71. The van der Waals surface area contributed by atoms with Crippen LogP contribution in [0.5, 0.6) is 0 Å². The summed E-state index contributed by atoms with van der Waals surface area (Å²) in [6, 6.07) is 5.79. The minimum atomic E-state index is -0.229. The highest BCUT2D eigenvalue weighted by molar-refractivity contribution is 6.33. The Kier molecular flexibility index (Phi) is 5.38. The molecule has 4 rings (SSSR count). The summed E-state index contributed by atoms with van der Waals surface area (Å²) in [5, 5.41) is 11.8. The minimum Gasteiger partial charge on any atom is -0.374 e. The van der Waals surface area contributed by atoms with Gasteiger partial charge in [-0.25, -0.2) is 5.43 Å². The molecular weight excluding hydrogens is 378 g/mol. The second-order valence-corrected chi connectivity index (χ2v) is 7.23. The molecule has 4 heterocycles. The number of hydrogen-bond donors (Lipinski definition) is 2. The largest absolute Gasteiger partial charge is 0.374 e. The predicted molar refractivity (Wildman–Crippen MR) is 116 cm³/mol. The Morgan fingerprint density at radius 3 is 2.63 bits per heavy atom. The van der Waals surface area contributed by atoms with Crippen LogP contribution < -0.4 is 10.3 Å². The molecule has 3 aromatic rings. The molecule has 0 fully saturated rings. The van der Waals surface area contributed by atoms with Crippen LogP contribution in [0.25, 0.3) is 6.08 Å². The lowest BCUT2D eigenvalue weighted by molar-refractivity contribution is -0.116. The molecule has 2 N–H and O–H groups in total. The average Bonchev–Trinajstić information content (AvgIpc) is 3.27. The van der Waals surface area contributed by atoms with E-state index < -0.39 is 0 Å². The molecule has 8 heteroatoms. The molecule has 30 heavy (non-hydrogen) atoms. The molecular formula is C22H23N7O. The highest BCUT2D eigenvalue weighted by Crippen LogP contribution is 2.24. The zero-order valence-electron chi connectivity index (χ0n) is 17.2. The summed E-state index contributed by atoms with van der Waals surface area (Å²) in [7, 11) is 2.07. The number of carbonyl (C=O) groups excluding carboxylic acids is 1.